The fourth-order valence-electron chi connectivity index (χ4n) is 4.55. The van der Waals surface area contributed by atoms with Gasteiger partial charge in [-0.25, -0.2) is 4.79 Å². The van der Waals surface area contributed by atoms with Gasteiger partial charge in [-0.3, -0.25) is 4.90 Å². The maximum atomic E-state index is 12.5. The van der Waals surface area contributed by atoms with Gasteiger partial charge in [0, 0.05) is 22.6 Å². The summed E-state index contributed by atoms with van der Waals surface area (Å²) in [5.41, 5.74) is 4.56. The minimum atomic E-state index is -0.192. The Morgan fingerprint density at radius 3 is 2.72 bits per heavy atom. The molecular weight excluding hydrogens is 370 g/mol. The molecule has 0 radical (unpaired) electrons. The van der Waals surface area contributed by atoms with E-state index in [0.29, 0.717) is 12.3 Å². The zero-order valence-corrected chi connectivity index (χ0v) is 16.7. The molecule has 1 aliphatic carbocycles. The molecule has 0 fully saturated rings. The smallest absolute Gasteiger partial charge is 0.339 e. The van der Waals surface area contributed by atoms with Gasteiger partial charge in [-0.2, -0.15) is 0 Å². The number of benzene rings is 2. The molecule has 0 saturated heterocycles. The van der Waals surface area contributed by atoms with Crippen molar-refractivity contribution in [2.24, 2.45) is 0 Å². The molecule has 6 heteroatoms. The molecule has 29 heavy (non-hydrogen) atoms. The van der Waals surface area contributed by atoms with E-state index in [9.17, 15) is 4.79 Å². The fraction of sp³-hybridized carbons (Fsp3) is 0.348. The van der Waals surface area contributed by atoms with E-state index in [2.05, 4.69) is 0 Å². The molecule has 1 aliphatic heterocycles. The lowest BCUT2D eigenvalue weighted by molar-refractivity contribution is -0.945. The lowest BCUT2D eigenvalue weighted by atomic mass is 10.0. The Hall–Kier alpha value is -2.99. The molecule has 1 unspecified atom stereocenters. The van der Waals surface area contributed by atoms with Crippen LogP contribution in [0.5, 0.6) is 17.2 Å². The summed E-state index contributed by atoms with van der Waals surface area (Å²) in [4.78, 5) is 13.7. The zero-order valence-electron chi connectivity index (χ0n) is 16.7. The van der Waals surface area contributed by atoms with E-state index in [0.717, 1.165) is 77.2 Å². The van der Waals surface area contributed by atoms with Crippen LogP contribution in [0.15, 0.2) is 39.5 Å². The minimum absolute atomic E-state index is 0.192. The van der Waals surface area contributed by atoms with Crippen molar-refractivity contribution in [3.05, 3.63) is 63.0 Å². The van der Waals surface area contributed by atoms with E-state index < -0.39 is 0 Å². The number of quaternary nitrogens is 1. The van der Waals surface area contributed by atoms with Crippen molar-refractivity contribution in [3.8, 4) is 17.2 Å². The Balaban J connectivity index is 1.50. The minimum Gasteiger partial charge on any atom is -0.497 e. The van der Waals surface area contributed by atoms with Gasteiger partial charge in [-0.15, -0.1) is 0 Å². The molecule has 2 heterocycles. The van der Waals surface area contributed by atoms with Gasteiger partial charge in [0.15, 0.2) is 5.58 Å². The van der Waals surface area contributed by atoms with Crippen molar-refractivity contribution in [3.63, 3.8) is 0 Å². The van der Waals surface area contributed by atoms with Gasteiger partial charge in [0.25, 0.3) is 0 Å². The van der Waals surface area contributed by atoms with Crippen LogP contribution in [-0.2, 0) is 25.9 Å². The highest BCUT2D eigenvalue weighted by atomic mass is 16.5. The van der Waals surface area contributed by atoms with E-state index >= 15 is 0 Å². The average molecular weight is 394 g/mol. The van der Waals surface area contributed by atoms with Crippen molar-refractivity contribution >= 4 is 11.0 Å². The number of rotatable bonds is 4. The van der Waals surface area contributed by atoms with Crippen LogP contribution in [0.1, 0.15) is 28.7 Å². The normalized spacial score (nSPS) is 17.5. The summed E-state index contributed by atoms with van der Waals surface area (Å²) in [5.74, 6) is 2.37. The predicted octanol–water partition coefficient (Wildman–Crippen LogP) is 2.23. The number of fused-ring (bicyclic) bond motifs is 5. The lowest BCUT2D eigenvalue weighted by Crippen LogP contribution is -3.10. The third kappa shape index (κ3) is 3.04. The van der Waals surface area contributed by atoms with Gasteiger partial charge in [-0.1, -0.05) is 0 Å². The van der Waals surface area contributed by atoms with Crippen LogP contribution in [0.4, 0.5) is 0 Å². The van der Waals surface area contributed by atoms with Crippen LogP contribution in [-0.4, -0.2) is 21.0 Å². The molecule has 1 atom stereocenters. The van der Waals surface area contributed by atoms with Crippen molar-refractivity contribution < 1.29 is 23.5 Å². The fourth-order valence-corrected chi connectivity index (χ4v) is 4.55. The largest absolute Gasteiger partial charge is 0.497 e. The molecule has 0 spiro atoms. The van der Waals surface area contributed by atoms with Crippen molar-refractivity contribution in [2.75, 3.05) is 21.0 Å². The third-order valence-electron chi connectivity index (χ3n) is 5.99. The Kier molecular flexibility index (Phi) is 4.43. The molecule has 0 amide bonds. The molecule has 0 saturated carbocycles. The molecule has 5 rings (SSSR count). The first-order valence-electron chi connectivity index (χ1n) is 9.95. The van der Waals surface area contributed by atoms with Crippen molar-refractivity contribution in [2.45, 2.75) is 32.4 Å². The van der Waals surface area contributed by atoms with Crippen molar-refractivity contribution in [1.29, 1.82) is 0 Å². The van der Waals surface area contributed by atoms with Crippen LogP contribution in [0.25, 0.3) is 11.0 Å². The zero-order chi connectivity index (χ0) is 20.0. The highest BCUT2D eigenvalue weighted by Crippen LogP contribution is 2.34. The van der Waals surface area contributed by atoms with E-state index in [1.165, 1.54) is 4.90 Å². The van der Waals surface area contributed by atoms with Crippen LogP contribution in [0.2, 0.25) is 0 Å². The number of ether oxygens (including phenoxy) is 3. The number of hydrogen-bond acceptors (Lipinski definition) is 5. The number of hydrogen-bond donors (Lipinski definition) is 1. The first kappa shape index (κ1) is 18.1. The Labute approximate surface area is 168 Å². The Morgan fingerprint density at radius 2 is 1.90 bits per heavy atom. The van der Waals surface area contributed by atoms with E-state index in [1.54, 1.807) is 14.2 Å². The number of aryl methyl sites for hydroxylation is 1. The van der Waals surface area contributed by atoms with Crippen LogP contribution >= 0.6 is 0 Å². The first-order chi connectivity index (χ1) is 14.2. The molecule has 0 bridgehead atoms. The molecule has 2 aliphatic rings. The molecule has 1 N–H and O–H groups in total. The summed E-state index contributed by atoms with van der Waals surface area (Å²) in [6.07, 6.45) is 2.77. The highest BCUT2D eigenvalue weighted by Gasteiger charge is 2.28. The summed E-state index contributed by atoms with van der Waals surface area (Å²) in [7, 11) is 3.31. The van der Waals surface area contributed by atoms with Gasteiger partial charge in [0.05, 0.1) is 19.8 Å². The SMILES string of the molecule is COc1ccc(C[NH+]2COc3ccc4c5c(c(=O)oc4c3C2)CCC5)c(OC)c1. The van der Waals surface area contributed by atoms with Gasteiger partial charge in [0.2, 0.25) is 6.73 Å². The molecule has 2 aromatic carbocycles. The van der Waals surface area contributed by atoms with Crippen molar-refractivity contribution in [1.82, 2.24) is 0 Å². The summed E-state index contributed by atoms with van der Waals surface area (Å²) in [6, 6.07) is 9.91. The van der Waals surface area contributed by atoms with Gasteiger partial charge in [0.1, 0.15) is 30.3 Å². The summed E-state index contributed by atoms with van der Waals surface area (Å²) >= 11 is 0. The molecule has 6 nitrogen and oxygen atoms in total. The van der Waals surface area contributed by atoms with E-state index in [4.69, 9.17) is 18.6 Å². The number of nitrogens with one attached hydrogen (secondary N) is 1. The second-order valence-corrected chi connectivity index (χ2v) is 7.69. The average Bonchev–Trinajstić information content (AvgIpc) is 3.25. The van der Waals surface area contributed by atoms with Crippen LogP contribution in [0.3, 0.4) is 0 Å². The second kappa shape index (κ2) is 7.12. The van der Waals surface area contributed by atoms with Crippen LogP contribution < -0.4 is 24.7 Å². The van der Waals surface area contributed by atoms with E-state index in [1.807, 2.05) is 30.3 Å². The molecule has 150 valence electrons. The van der Waals surface area contributed by atoms with Gasteiger partial charge >= 0.3 is 5.63 Å². The lowest BCUT2D eigenvalue weighted by Gasteiger charge is -2.27. The third-order valence-corrected chi connectivity index (χ3v) is 5.99. The molecular formula is C23H24NO5+. The Morgan fingerprint density at radius 1 is 1.03 bits per heavy atom. The Bertz CT molecular complexity index is 1150. The number of methoxy groups -OCH3 is 2. The molecule has 3 aromatic rings. The summed E-state index contributed by atoms with van der Waals surface area (Å²) < 4.78 is 22.6. The standard InChI is InChI=1S/C23H23NO5/c1-26-15-7-6-14(21(10-15)27-2)11-24-12-19-20(28-13-24)9-8-17-16-4-3-5-18(16)23(25)29-22(17)19/h6-10H,3-5,11-13H2,1-2H3/p+1. The molecule has 1 aromatic heterocycles. The maximum Gasteiger partial charge on any atom is 0.339 e. The monoisotopic (exact) mass is 394 g/mol. The topological polar surface area (TPSA) is 62.3 Å². The quantitative estimate of drug-likeness (QED) is 0.688. The summed E-state index contributed by atoms with van der Waals surface area (Å²) in [5, 5.41) is 1.06. The van der Waals surface area contributed by atoms with E-state index in [-0.39, 0.29) is 5.63 Å². The second-order valence-electron chi connectivity index (χ2n) is 7.69. The summed E-state index contributed by atoms with van der Waals surface area (Å²) in [6.45, 7) is 2.00. The van der Waals surface area contributed by atoms with Gasteiger partial charge in [-0.05, 0) is 49.1 Å². The highest BCUT2D eigenvalue weighted by molar-refractivity contribution is 5.86. The van der Waals surface area contributed by atoms with Crippen LogP contribution in [0, 0.1) is 0 Å². The first-order valence-corrected chi connectivity index (χ1v) is 9.95. The van der Waals surface area contributed by atoms with Gasteiger partial charge < -0.3 is 18.6 Å². The maximum absolute atomic E-state index is 12.5. The predicted molar refractivity (Wildman–Crippen MR) is 108 cm³/mol.